The van der Waals surface area contributed by atoms with Crippen molar-refractivity contribution in [1.82, 2.24) is 0 Å². The largest absolute Gasteiger partial charge is 0.464 e. The van der Waals surface area contributed by atoms with Crippen molar-refractivity contribution in [3.05, 3.63) is 111 Å². The van der Waals surface area contributed by atoms with Gasteiger partial charge in [-0.25, -0.2) is 14.2 Å². The highest BCUT2D eigenvalue weighted by molar-refractivity contribution is 8.03. The van der Waals surface area contributed by atoms with Crippen molar-refractivity contribution in [3.63, 3.8) is 0 Å². The van der Waals surface area contributed by atoms with E-state index < -0.39 is 25.8 Å². The van der Waals surface area contributed by atoms with E-state index >= 15 is 0 Å². The molecule has 49 heavy (non-hydrogen) atoms. The third kappa shape index (κ3) is 11.6. The quantitative estimate of drug-likeness (QED) is 0.103. The van der Waals surface area contributed by atoms with Gasteiger partial charge in [-0.3, -0.25) is 4.52 Å². The van der Waals surface area contributed by atoms with Crippen molar-refractivity contribution < 1.29 is 32.7 Å². The zero-order valence-corrected chi connectivity index (χ0v) is 31.0. The van der Waals surface area contributed by atoms with Gasteiger partial charge in [0.25, 0.3) is 0 Å². The van der Waals surface area contributed by atoms with Crippen LogP contribution in [0.2, 0.25) is 10.0 Å². The van der Waals surface area contributed by atoms with Crippen molar-refractivity contribution >= 4 is 60.3 Å². The number of para-hydroxylation sites is 1. The van der Waals surface area contributed by atoms with E-state index in [2.05, 4.69) is 25.2 Å². The summed E-state index contributed by atoms with van der Waals surface area (Å²) < 4.78 is 35.5. The highest BCUT2D eigenvalue weighted by Crippen LogP contribution is 2.50. The van der Waals surface area contributed by atoms with E-state index in [-0.39, 0.29) is 37.8 Å². The van der Waals surface area contributed by atoms with E-state index in [9.17, 15) is 14.2 Å². The molecule has 0 aliphatic heterocycles. The van der Waals surface area contributed by atoms with Crippen molar-refractivity contribution in [2.45, 2.75) is 45.1 Å². The second-order valence-corrected chi connectivity index (χ2v) is 15.7. The van der Waals surface area contributed by atoms with Crippen molar-refractivity contribution in [2.24, 2.45) is 17.6 Å². The van der Waals surface area contributed by atoms with Gasteiger partial charge in [-0.15, -0.1) is 0 Å². The molecule has 13 heteroatoms. The smallest absolute Gasteiger partial charge is 0.404 e. The Hall–Kier alpha value is -3.40. The van der Waals surface area contributed by atoms with E-state index in [1.165, 1.54) is 6.92 Å². The standard InChI is InChI=1S/C36H41Cl2N2O7PS/c1-5-44-35(41)24(4)46-48(43,47-30-9-7-6-8-10-30)16-15-40-29-13-11-25(12-14-29)17-33-26(22-45-36(39)42)18-32(23(2)3)34(33)49-31-20-27(37)19-28(38)21-31/h6-14,18-21,23-24,33,40H,5,15-17,22H2,1-4H3,(H2,39,42)/t24-,33?,48?/m0/s1. The summed E-state index contributed by atoms with van der Waals surface area (Å²) in [5, 5.41) is 4.38. The lowest BCUT2D eigenvalue weighted by molar-refractivity contribution is -0.150. The SMILES string of the molecule is CCOC(=O)[C@H](C)OP(=O)(CCNc1ccc(CC2C(COC(N)=O)=CC(C(C)C)=C2Sc2cc(Cl)cc(Cl)c2)cc1)Oc1ccccc1. The molecule has 3 atom stereocenters. The number of allylic oxidation sites excluding steroid dienone is 3. The van der Waals surface area contributed by atoms with E-state index in [0.717, 1.165) is 32.2 Å². The first-order valence-electron chi connectivity index (χ1n) is 15.9. The molecular formula is C36H41Cl2N2O7PS. The third-order valence-corrected chi connectivity index (χ3v) is 11.0. The number of carbonyl (C=O) groups is 2. The van der Waals surface area contributed by atoms with Crippen LogP contribution < -0.4 is 15.6 Å². The van der Waals surface area contributed by atoms with Gasteiger partial charge in [0.15, 0.2) is 6.10 Å². The molecule has 3 aromatic rings. The van der Waals surface area contributed by atoms with Gasteiger partial charge in [-0.2, -0.15) is 0 Å². The number of primary amides is 1. The van der Waals surface area contributed by atoms with E-state index in [1.807, 2.05) is 42.5 Å². The Labute approximate surface area is 302 Å². The fourth-order valence-electron chi connectivity index (χ4n) is 5.19. The molecule has 1 aliphatic carbocycles. The number of hydrogen-bond acceptors (Lipinski definition) is 9. The monoisotopic (exact) mass is 746 g/mol. The van der Waals surface area contributed by atoms with Gasteiger partial charge < -0.3 is 25.0 Å². The zero-order chi connectivity index (χ0) is 35.6. The molecule has 2 unspecified atom stereocenters. The predicted octanol–water partition coefficient (Wildman–Crippen LogP) is 9.54. The third-order valence-electron chi connectivity index (χ3n) is 7.49. The molecule has 9 nitrogen and oxygen atoms in total. The normalized spacial score (nSPS) is 16.1. The predicted molar refractivity (Wildman–Crippen MR) is 197 cm³/mol. The number of nitrogens with two attached hydrogens (primary N) is 1. The number of esters is 1. The average Bonchev–Trinajstić information content (AvgIpc) is 3.37. The maximum atomic E-state index is 13.8. The molecule has 0 saturated heterocycles. The Kier molecular flexibility index (Phi) is 14.1. The van der Waals surface area contributed by atoms with Gasteiger partial charge in [0.05, 0.1) is 12.8 Å². The van der Waals surface area contributed by atoms with Crippen molar-refractivity contribution in [1.29, 1.82) is 0 Å². The number of nitrogens with one attached hydrogen (secondary N) is 1. The maximum absolute atomic E-state index is 13.8. The molecule has 262 valence electrons. The summed E-state index contributed by atoms with van der Waals surface area (Å²) in [6.45, 7) is 7.94. The number of hydrogen-bond donors (Lipinski definition) is 2. The summed E-state index contributed by atoms with van der Waals surface area (Å²) in [4.78, 5) is 25.8. The average molecular weight is 748 g/mol. The van der Waals surface area contributed by atoms with Crippen LogP contribution in [0.5, 0.6) is 5.75 Å². The van der Waals surface area contributed by atoms with Gasteiger partial charge in [-0.05, 0) is 85.4 Å². The lowest BCUT2D eigenvalue weighted by atomic mass is 9.94. The Morgan fingerprint density at radius 2 is 1.65 bits per heavy atom. The second kappa shape index (κ2) is 18.0. The van der Waals surface area contributed by atoms with Crippen LogP contribution in [0.25, 0.3) is 0 Å². The number of benzene rings is 3. The number of anilines is 1. The lowest BCUT2D eigenvalue weighted by Crippen LogP contribution is -2.24. The Bertz CT molecular complexity index is 1700. The zero-order valence-electron chi connectivity index (χ0n) is 27.8. The summed E-state index contributed by atoms with van der Waals surface area (Å²) in [7, 11) is -3.76. The van der Waals surface area contributed by atoms with Crippen LogP contribution in [0.15, 0.2) is 99.8 Å². The number of amides is 1. The Balaban J connectivity index is 1.48. The van der Waals surface area contributed by atoms with Crippen LogP contribution in [0.3, 0.4) is 0 Å². The molecule has 0 saturated carbocycles. The van der Waals surface area contributed by atoms with Crippen LogP contribution in [-0.4, -0.2) is 44.1 Å². The van der Waals surface area contributed by atoms with Gasteiger partial charge in [0.2, 0.25) is 0 Å². The first-order chi connectivity index (χ1) is 23.4. The highest BCUT2D eigenvalue weighted by Gasteiger charge is 2.33. The molecule has 1 aliphatic rings. The topological polar surface area (TPSA) is 126 Å². The minimum atomic E-state index is -3.76. The molecule has 0 bridgehead atoms. The molecule has 0 aromatic heterocycles. The fourth-order valence-corrected chi connectivity index (χ4v) is 8.90. The van der Waals surface area contributed by atoms with Crippen LogP contribution >= 0.6 is 42.6 Å². The van der Waals surface area contributed by atoms with Gasteiger partial charge in [0.1, 0.15) is 12.4 Å². The first kappa shape index (κ1) is 38.4. The second-order valence-electron chi connectivity index (χ2n) is 11.6. The minimum Gasteiger partial charge on any atom is -0.464 e. The molecule has 3 aromatic carbocycles. The summed E-state index contributed by atoms with van der Waals surface area (Å²) >= 11 is 14.2. The Morgan fingerprint density at radius 3 is 2.27 bits per heavy atom. The number of rotatable bonds is 17. The molecular weight excluding hydrogens is 706 g/mol. The molecule has 0 heterocycles. The first-order valence-corrected chi connectivity index (χ1v) is 19.2. The number of carbonyl (C=O) groups excluding carboxylic acids is 2. The molecule has 4 rings (SSSR count). The van der Waals surface area contributed by atoms with Gasteiger partial charge in [0, 0.05) is 38.0 Å². The van der Waals surface area contributed by atoms with Gasteiger partial charge in [-0.1, -0.05) is 85.2 Å². The van der Waals surface area contributed by atoms with E-state index in [1.54, 1.807) is 49.0 Å². The fraction of sp³-hybridized carbons (Fsp3) is 0.333. The molecule has 1 amide bonds. The van der Waals surface area contributed by atoms with Gasteiger partial charge >= 0.3 is 19.7 Å². The van der Waals surface area contributed by atoms with E-state index in [0.29, 0.717) is 22.2 Å². The molecule has 0 fully saturated rings. The molecule has 0 spiro atoms. The Morgan fingerprint density at radius 1 is 0.980 bits per heavy atom. The maximum Gasteiger partial charge on any atom is 0.404 e. The number of halogens is 2. The summed E-state index contributed by atoms with van der Waals surface area (Å²) in [6, 6.07) is 22.1. The number of thioether (sulfide) groups is 1. The lowest BCUT2D eigenvalue weighted by Gasteiger charge is -2.23. The van der Waals surface area contributed by atoms with E-state index in [4.69, 9.17) is 47.5 Å². The molecule has 3 N–H and O–H groups in total. The highest BCUT2D eigenvalue weighted by atomic mass is 35.5. The van der Waals surface area contributed by atoms with Crippen LogP contribution in [0, 0.1) is 11.8 Å². The minimum absolute atomic E-state index is 0.000356. The summed E-state index contributed by atoms with van der Waals surface area (Å²) in [6.07, 6.45) is 0.842. The summed E-state index contributed by atoms with van der Waals surface area (Å²) in [5.41, 5.74) is 9.28. The van der Waals surface area contributed by atoms with Crippen molar-refractivity contribution in [2.75, 3.05) is 31.2 Å². The van der Waals surface area contributed by atoms with Crippen LogP contribution in [0.4, 0.5) is 10.5 Å². The number of ether oxygens (including phenoxy) is 2. The van der Waals surface area contributed by atoms with Crippen LogP contribution in [-0.2, 0) is 29.8 Å². The van der Waals surface area contributed by atoms with Crippen molar-refractivity contribution in [3.8, 4) is 5.75 Å². The molecule has 0 radical (unpaired) electrons. The van der Waals surface area contributed by atoms with Crippen LogP contribution in [0.1, 0.15) is 33.3 Å². The summed E-state index contributed by atoms with van der Waals surface area (Å²) in [5.74, 6) is -0.0996.